The molecule has 1 amide bonds. The molecule has 0 heterocycles. The van der Waals surface area contributed by atoms with Gasteiger partial charge in [-0.1, -0.05) is 244 Å². The Bertz CT molecular complexity index is 3660. The quantitative estimate of drug-likeness (QED) is 0.0159. The number of hydrogen-bond donors (Lipinski definition) is 1. The van der Waals surface area contributed by atoms with Crippen molar-refractivity contribution in [1.29, 1.82) is 0 Å². The van der Waals surface area contributed by atoms with Gasteiger partial charge in [0.05, 0.1) is 17.7 Å². The van der Waals surface area contributed by atoms with Gasteiger partial charge in [-0.2, -0.15) is 56.4 Å². The molecular formula is C83H127F6NO20S3Zn. The number of alkyl halides is 6. The molecule has 31 heteroatoms. The van der Waals surface area contributed by atoms with Crippen LogP contribution in [0.15, 0.2) is 144 Å². The zero-order chi connectivity index (χ0) is 83.7. The van der Waals surface area contributed by atoms with Gasteiger partial charge in [0, 0.05) is 31.3 Å². The Morgan fingerprint density at radius 1 is 0.474 bits per heavy atom. The number of Topliss-reactive ketones (excluding diaryl/α,β-unsaturated/α-hetero) is 2. The zero-order valence-corrected chi connectivity index (χ0v) is 73.2. The predicted octanol–water partition coefficient (Wildman–Crippen LogP) is 22.3. The molecule has 0 radical (unpaired) electrons. The first-order valence-electron chi connectivity index (χ1n) is 36.8. The molecule has 5 aliphatic rings. The molecule has 1 N–H and O–H groups in total. The van der Waals surface area contributed by atoms with Crippen molar-refractivity contribution in [1.82, 2.24) is 0 Å². The summed E-state index contributed by atoms with van der Waals surface area (Å²) in [5.41, 5.74) is -6.33. The summed E-state index contributed by atoms with van der Waals surface area (Å²) in [5.74, 6) is -1.07. The van der Waals surface area contributed by atoms with Gasteiger partial charge in [0.15, 0.2) is 0 Å². The number of halogens is 6. The SMILES string of the molecule is C.C.CC.CC.CC.CC.CC.CC1=C(C(=O)OCc2ccccc2)CCCC1.CC1CCCCC1C(=O)O.CS(=O)(=O)OC1=C(C(=O)OCc2ccccc2)CCCC1.O=C1CCCCC1.O=C1CCCCC1C(=O)OCc1ccccc1.O=S(=O)(OS(=O)(=O)C(F)(F)F)C(F)(F)F.[C-]#[N+]C(=O)OCc1ccccc1.[CH3-].[CH3-].[Zn+2]. The molecule has 21 nitrogen and oxygen atoms in total. The molecule has 4 aromatic carbocycles. The van der Waals surface area contributed by atoms with Crippen molar-refractivity contribution in [2.75, 3.05) is 6.26 Å². The number of carbonyl (C=O) groups excluding carboxylic acids is 6. The van der Waals surface area contributed by atoms with Crippen LogP contribution in [0.5, 0.6) is 0 Å². The van der Waals surface area contributed by atoms with Crippen LogP contribution in [0, 0.1) is 39.2 Å². The Labute approximate surface area is 690 Å². The summed E-state index contributed by atoms with van der Waals surface area (Å²) in [6, 6.07) is 37.9. The van der Waals surface area contributed by atoms with Gasteiger partial charge in [0.25, 0.3) is 0 Å². The van der Waals surface area contributed by atoms with E-state index in [1.54, 1.807) is 0 Å². The second-order valence-corrected chi connectivity index (χ2v) is 28.0. The maximum atomic E-state index is 12.1. The number of nitrogens with zero attached hydrogens (tertiary/aromatic N) is 1. The monoisotopic (exact) mass is 1730 g/mol. The number of carboxylic acids is 1. The van der Waals surface area contributed by atoms with Crippen LogP contribution < -0.4 is 0 Å². The van der Waals surface area contributed by atoms with Gasteiger partial charge in [-0.25, -0.2) is 9.59 Å². The fourth-order valence-corrected chi connectivity index (χ4v) is 12.1. The maximum absolute atomic E-state index is 12.1. The molecule has 3 atom stereocenters. The molecule has 0 saturated heterocycles. The van der Waals surface area contributed by atoms with Crippen molar-refractivity contribution in [2.45, 2.75) is 270 Å². The summed E-state index contributed by atoms with van der Waals surface area (Å²) >= 11 is 0. The molecule has 0 aliphatic heterocycles. The van der Waals surface area contributed by atoms with Crippen molar-refractivity contribution in [2.24, 2.45) is 17.8 Å². The van der Waals surface area contributed by atoms with Gasteiger partial charge in [-0.05, 0) is 119 Å². The number of carboxylic acid groups (broad SMARTS) is 1. The first kappa shape index (κ1) is 122. The van der Waals surface area contributed by atoms with Crippen LogP contribution in [0.1, 0.15) is 255 Å². The molecule has 9 rings (SSSR count). The minimum absolute atomic E-state index is 0. The van der Waals surface area contributed by atoms with Crippen LogP contribution in [0.2, 0.25) is 0 Å². The van der Waals surface area contributed by atoms with Gasteiger partial charge in [-0.3, -0.25) is 24.0 Å². The van der Waals surface area contributed by atoms with Crippen molar-refractivity contribution in [3.63, 3.8) is 0 Å². The summed E-state index contributed by atoms with van der Waals surface area (Å²) in [5, 5.41) is 8.71. The summed E-state index contributed by atoms with van der Waals surface area (Å²) in [6.07, 6.45) is 19.4. The Morgan fingerprint density at radius 3 is 1.14 bits per heavy atom. The largest absolute Gasteiger partial charge is 2.00 e. The van der Waals surface area contributed by atoms with E-state index in [1.165, 1.54) is 24.8 Å². The van der Waals surface area contributed by atoms with Crippen molar-refractivity contribution in [3.05, 3.63) is 192 Å². The summed E-state index contributed by atoms with van der Waals surface area (Å²) in [4.78, 5) is 81.3. The first-order chi connectivity index (χ1) is 51.6. The second-order valence-electron chi connectivity index (χ2n) is 23.2. The van der Waals surface area contributed by atoms with Crippen molar-refractivity contribution >= 4 is 71.9 Å². The van der Waals surface area contributed by atoms with Crippen molar-refractivity contribution in [3.8, 4) is 0 Å². The van der Waals surface area contributed by atoms with Crippen LogP contribution >= 0.6 is 0 Å². The summed E-state index contributed by atoms with van der Waals surface area (Å²) < 4.78 is 158. The molecule has 3 saturated carbocycles. The van der Waals surface area contributed by atoms with Gasteiger partial charge in [0.2, 0.25) is 0 Å². The topological polar surface area (TPSA) is 302 Å². The van der Waals surface area contributed by atoms with E-state index in [4.69, 9.17) is 30.1 Å². The van der Waals surface area contributed by atoms with Gasteiger partial charge in [-0.15, -0.1) is 3.63 Å². The number of ketones is 2. The predicted molar refractivity (Wildman–Crippen MR) is 432 cm³/mol. The molecule has 0 spiro atoms. The van der Waals surface area contributed by atoms with Gasteiger partial charge < -0.3 is 43.1 Å². The fourth-order valence-electron chi connectivity index (χ4n) is 9.96. The summed E-state index contributed by atoms with van der Waals surface area (Å²) in [7, 11) is -17.3. The summed E-state index contributed by atoms with van der Waals surface area (Å²) in [6.45, 7) is 31.4. The number of esters is 3. The van der Waals surface area contributed by atoms with Crippen LogP contribution in [-0.4, -0.2) is 89.2 Å². The average molecular weight is 1730 g/mol. The van der Waals surface area contributed by atoms with Crippen LogP contribution in [0.25, 0.3) is 4.85 Å². The number of benzene rings is 4. The normalized spacial score (nSPS) is 15.8. The number of ether oxygens (including phenoxy) is 4. The van der Waals surface area contributed by atoms with Crippen LogP contribution in [0.4, 0.5) is 31.1 Å². The molecule has 646 valence electrons. The van der Waals surface area contributed by atoms with Crippen LogP contribution in [0.3, 0.4) is 0 Å². The van der Waals surface area contributed by atoms with Crippen LogP contribution in [-0.2, 0) is 132 Å². The number of carbonyl (C=O) groups is 7. The number of hydrogen-bond acceptors (Lipinski definition) is 19. The Balaban J connectivity index is -0.000000190. The first-order valence-corrected chi connectivity index (χ1v) is 41.4. The molecule has 3 fully saturated rings. The fraction of sp³-hybridized carbons (Fsp3) is 0.542. The van der Waals surface area contributed by atoms with E-state index in [1.807, 2.05) is 208 Å². The number of allylic oxidation sites excluding steroid dienone is 2. The van der Waals surface area contributed by atoms with E-state index in [2.05, 4.69) is 9.58 Å². The molecule has 0 aromatic heterocycles. The van der Waals surface area contributed by atoms with Crippen molar-refractivity contribution < 1.29 is 137 Å². The van der Waals surface area contributed by atoms with E-state index < -0.39 is 65.3 Å². The molecule has 0 bridgehead atoms. The average Bonchev–Trinajstić information content (AvgIpc) is 0.791. The smallest absolute Gasteiger partial charge is 0.482 e. The number of rotatable bonds is 16. The minimum Gasteiger partial charge on any atom is -0.482 e. The zero-order valence-electron chi connectivity index (χ0n) is 67.8. The Kier molecular flexibility index (Phi) is 74.5. The Morgan fingerprint density at radius 2 is 0.807 bits per heavy atom. The van der Waals surface area contributed by atoms with E-state index >= 15 is 0 Å². The third kappa shape index (κ3) is 54.2. The van der Waals surface area contributed by atoms with E-state index in [0.29, 0.717) is 49.6 Å². The van der Waals surface area contributed by atoms with Gasteiger partial charge in [0.1, 0.15) is 56.2 Å². The number of aliphatic carboxylic acids is 1. The maximum Gasteiger partial charge on any atom is 2.00 e. The Hall–Kier alpha value is -7.65. The molecule has 4 aromatic rings. The third-order valence-corrected chi connectivity index (χ3v) is 18.3. The third-order valence-electron chi connectivity index (χ3n) is 15.3. The van der Waals surface area contributed by atoms with E-state index in [0.717, 1.165) is 124 Å². The van der Waals surface area contributed by atoms with E-state index in [9.17, 15) is 85.2 Å². The molecule has 114 heavy (non-hydrogen) atoms. The standard InChI is InChI=1S/C15H18O5S.C15H18O2.C14H16O3.C9H7NO2.C8H14O2.C6H10O.C2F6O5S2.5C2H6.2CH4.2CH3.Zn/c1-21(17,18)20-14-10-6-5-9-13(14)15(16)19-11-12-7-3-2-4-8-12;1-12-7-5-6-10-14(12)15(16)17-11-13-8-3-2-4-9-13;15-13-9-5-4-8-12(13)14(16)17-10-11-6-2-1-3-7-11;1-10-9(11)12-7-8-5-3-2-4-6-8;1-6-4-2-3-5-7(6)8(9)10;7-6-4-2-1-3-5-6;3-1(4,5)14(9,10)13-15(11,12)2(6,7)8;5*1-2;;;;;/h2-4,7-8H,5-6,9-11H2,1H3;2-4,8-9H,5-7,10-11H2,1H3;1-3,6-7,12H,4-5,8-10H2;2-6H,7H2;6-7H,2-5H2,1H3,(H,9,10);1-5H2;;5*1-2H3;2*1H4;2*1H3;/q;;;;;;;;;;;;;;2*-1;+2. The molecular weight excluding hydrogens is 1610 g/mol. The van der Waals surface area contributed by atoms with Gasteiger partial charge >= 0.3 is 90.8 Å². The second kappa shape index (κ2) is 69.6. The molecule has 5 aliphatic carbocycles. The minimum atomic E-state index is -6.85. The number of amides is 1. The van der Waals surface area contributed by atoms with E-state index in [-0.39, 0.29) is 98.4 Å². The molecule has 3 unspecified atom stereocenters.